The Morgan fingerprint density at radius 1 is 1.50 bits per heavy atom. The van der Waals surface area contributed by atoms with Crippen LogP contribution >= 0.6 is 0 Å². The van der Waals surface area contributed by atoms with E-state index in [0.29, 0.717) is 26.1 Å². The fourth-order valence-corrected chi connectivity index (χ4v) is 1.63. The average Bonchev–Trinajstić information content (AvgIpc) is 2.19. The molecule has 98 valence electrons. The molecule has 0 spiro atoms. The number of hydrogen-bond acceptors (Lipinski definition) is 2. The molecule has 1 fully saturated rings. The molecule has 1 aliphatic rings. The van der Waals surface area contributed by atoms with Crippen LogP contribution in [-0.2, 0) is 4.79 Å². The number of likely N-dealkylation sites (tertiary alicyclic amines) is 1. The Morgan fingerprint density at radius 3 is 2.62 bits per heavy atom. The Hall–Kier alpha value is -0.710. The molecule has 1 N–H and O–H groups in total. The highest BCUT2D eigenvalue weighted by atomic mass is 19.3. The summed E-state index contributed by atoms with van der Waals surface area (Å²) in [5.74, 6) is -2.66. The van der Waals surface area contributed by atoms with Crippen molar-refractivity contribution < 1.29 is 15.0 Å². The molecule has 0 unspecified atom stereocenters. The molecule has 3 nitrogen and oxygen atoms in total. The minimum absolute atomic E-state index is 0. The predicted molar refractivity (Wildman–Crippen MR) is 62.8 cm³/mol. The minimum Gasteiger partial charge on any atom is -0.355 e. The van der Waals surface area contributed by atoms with E-state index in [-0.39, 0.29) is 20.3 Å². The first-order valence-corrected chi connectivity index (χ1v) is 5.84. The van der Waals surface area contributed by atoms with Crippen molar-refractivity contribution in [2.24, 2.45) is 0 Å². The number of alkyl halides is 2. The summed E-state index contributed by atoms with van der Waals surface area (Å²) >= 11 is 0. The SMILES string of the molecule is CC.CC(=O)NCCN1CCCC(F)(F)C1.[HH]. The number of rotatable bonds is 3. The van der Waals surface area contributed by atoms with Crippen LogP contribution in [0.25, 0.3) is 0 Å². The summed E-state index contributed by atoms with van der Waals surface area (Å²) in [7, 11) is 0. The summed E-state index contributed by atoms with van der Waals surface area (Å²) in [5, 5.41) is 2.59. The summed E-state index contributed by atoms with van der Waals surface area (Å²) in [6.07, 6.45) is 0.525. The predicted octanol–water partition coefficient (Wildman–Crippen LogP) is 2.13. The second-order valence-corrected chi connectivity index (χ2v) is 3.72. The van der Waals surface area contributed by atoms with Gasteiger partial charge in [-0.2, -0.15) is 0 Å². The van der Waals surface area contributed by atoms with Gasteiger partial charge >= 0.3 is 0 Å². The molecule has 1 saturated heterocycles. The van der Waals surface area contributed by atoms with Crippen LogP contribution in [0.5, 0.6) is 0 Å². The maximum atomic E-state index is 12.9. The number of nitrogens with one attached hydrogen (secondary N) is 1. The molecular weight excluding hydrogens is 214 g/mol. The quantitative estimate of drug-likeness (QED) is 0.817. The molecule has 0 saturated carbocycles. The van der Waals surface area contributed by atoms with Crippen molar-refractivity contribution in [3.05, 3.63) is 0 Å². The zero-order valence-electron chi connectivity index (χ0n) is 10.4. The lowest BCUT2D eigenvalue weighted by atomic mass is 10.1. The zero-order valence-corrected chi connectivity index (χ0v) is 10.4. The summed E-state index contributed by atoms with van der Waals surface area (Å²) in [5.41, 5.74) is 0. The summed E-state index contributed by atoms with van der Waals surface area (Å²) in [6, 6.07) is 0. The van der Waals surface area contributed by atoms with Crippen molar-refractivity contribution in [2.75, 3.05) is 26.2 Å². The molecule has 16 heavy (non-hydrogen) atoms. The van der Waals surface area contributed by atoms with E-state index in [9.17, 15) is 13.6 Å². The Labute approximate surface area is 97.7 Å². The van der Waals surface area contributed by atoms with E-state index >= 15 is 0 Å². The maximum absolute atomic E-state index is 12.9. The normalized spacial score (nSPS) is 19.6. The third-order valence-corrected chi connectivity index (χ3v) is 2.27. The molecule has 0 bridgehead atoms. The second kappa shape index (κ2) is 7.54. The lowest BCUT2D eigenvalue weighted by molar-refractivity contribution is -0.119. The summed E-state index contributed by atoms with van der Waals surface area (Å²) < 4.78 is 25.8. The van der Waals surface area contributed by atoms with E-state index in [4.69, 9.17) is 0 Å². The van der Waals surface area contributed by atoms with E-state index < -0.39 is 5.92 Å². The van der Waals surface area contributed by atoms with Crippen LogP contribution in [0.4, 0.5) is 8.78 Å². The van der Waals surface area contributed by atoms with Gasteiger partial charge < -0.3 is 5.32 Å². The third kappa shape index (κ3) is 6.71. The van der Waals surface area contributed by atoms with Crippen LogP contribution in [-0.4, -0.2) is 42.9 Å². The summed E-state index contributed by atoms with van der Waals surface area (Å²) in [6.45, 7) is 6.91. The number of piperidine rings is 1. The van der Waals surface area contributed by atoms with Crippen molar-refractivity contribution >= 4 is 5.91 Å². The molecule has 1 aliphatic heterocycles. The lowest BCUT2D eigenvalue weighted by Gasteiger charge is -2.32. The minimum atomic E-state index is -2.55. The molecule has 1 amide bonds. The molecule has 1 rings (SSSR count). The number of halogens is 2. The Balaban J connectivity index is 0. The Bertz CT molecular complexity index is 216. The van der Waals surface area contributed by atoms with Crippen molar-refractivity contribution in [3.8, 4) is 0 Å². The van der Waals surface area contributed by atoms with Gasteiger partial charge in [-0.05, 0) is 13.0 Å². The molecule has 0 atom stereocenters. The van der Waals surface area contributed by atoms with Gasteiger partial charge in [0.25, 0.3) is 5.92 Å². The molecule has 0 aromatic carbocycles. The highest BCUT2D eigenvalue weighted by Gasteiger charge is 2.34. The first-order valence-electron chi connectivity index (χ1n) is 5.84. The van der Waals surface area contributed by atoms with Gasteiger partial charge in [-0.1, -0.05) is 13.8 Å². The fraction of sp³-hybridized carbons (Fsp3) is 0.909. The van der Waals surface area contributed by atoms with Crippen molar-refractivity contribution in [2.45, 2.75) is 39.5 Å². The first-order chi connectivity index (χ1) is 7.49. The molecule has 0 aromatic rings. The van der Waals surface area contributed by atoms with Crippen LogP contribution in [0.2, 0.25) is 0 Å². The van der Waals surface area contributed by atoms with Gasteiger partial charge in [-0.3, -0.25) is 9.69 Å². The van der Waals surface area contributed by atoms with E-state index in [2.05, 4.69) is 5.32 Å². The zero-order chi connectivity index (χ0) is 12.6. The Kier molecular flexibility index (Phi) is 7.21. The maximum Gasteiger partial charge on any atom is 0.260 e. The highest BCUT2D eigenvalue weighted by molar-refractivity contribution is 5.72. The van der Waals surface area contributed by atoms with Gasteiger partial charge in [0.15, 0.2) is 0 Å². The number of carbonyl (C=O) groups excluding carboxylic acids is 1. The molecule has 0 radical (unpaired) electrons. The van der Waals surface area contributed by atoms with Gasteiger partial charge in [0, 0.05) is 27.9 Å². The van der Waals surface area contributed by atoms with Gasteiger partial charge in [-0.25, -0.2) is 8.78 Å². The molecule has 0 aromatic heterocycles. The van der Waals surface area contributed by atoms with Gasteiger partial charge in [0.05, 0.1) is 6.54 Å². The smallest absolute Gasteiger partial charge is 0.260 e. The van der Waals surface area contributed by atoms with Crippen LogP contribution in [0.3, 0.4) is 0 Å². The monoisotopic (exact) mass is 238 g/mol. The number of hydrogen-bond donors (Lipinski definition) is 1. The first kappa shape index (κ1) is 15.3. The van der Waals surface area contributed by atoms with Crippen LogP contribution in [0.15, 0.2) is 0 Å². The van der Waals surface area contributed by atoms with Crippen molar-refractivity contribution in [1.82, 2.24) is 10.2 Å². The average molecular weight is 238 g/mol. The van der Waals surface area contributed by atoms with Crippen LogP contribution in [0.1, 0.15) is 35.0 Å². The molecule has 1 heterocycles. The molecule has 5 heteroatoms. The van der Waals surface area contributed by atoms with E-state index in [1.165, 1.54) is 6.92 Å². The van der Waals surface area contributed by atoms with E-state index in [1.54, 1.807) is 4.90 Å². The van der Waals surface area contributed by atoms with Crippen LogP contribution in [0, 0.1) is 0 Å². The topological polar surface area (TPSA) is 32.3 Å². The van der Waals surface area contributed by atoms with Crippen LogP contribution < -0.4 is 5.32 Å². The summed E-state index contributed by atoms with van der Waals surface area (Å²) in [4.78, 5) is 12.2. The molecule has 0 aliphatic carbocycles. The van der Waals surface area contributed by atoms with E-state index in [0.717, 1.165) is 0 Å². The largest absolute Gasteiger partial charge is 0.355 e. The third-order valence-electron chi connectivity index (χ3n) is 2.27. The highest BCUT2D eigenvalue weighted by Crippen LogP contribution is 2.25. The van der Waals surface area contributed by atoms with Gasteiger partial charge in [0.2, 0.25) is 5.91 Å². The van der Waals surface area contributed by atoms with Gasteiger partial charge in [0.1, 0.15) is 0 Å². The van der Waals surface area contributed by atoms with Crippen molar-refractivity contribution in [1.29, 1.82) is 0 Å². The second-order valence-electron chi connectivity index (χ2n) is 3.72. The van der Waals surface area contributed by atoms with Gasteiger partial charge in [-0.15, -0.1) is 0 Å². The Morgan fingerprint density at radius 2 is 2.12 bits per heavy atom. The fourth-order valence-electron chi connectivity index (χ4n) is 1.63. The van der Waals surface area contributed by atoms with Crippen molar-refractivity contribution in [3.63, 3.8) is 0 Å². The number of amides is 1. The molecular formula is C11H24F2N2O. The number of nitrogens with zero attached hydrogens (tertiary/aromatic N) is 1. The standard InChI is InChI=1S/C9H16F2N2O.C2H6.H2/c1-8(14)12-4-6-13-5-2-3-9(10,11)7-13;1-2;/h2-7H2,1H3,(H,12,14);1-2H3;1H. The number of carbonyl (C=O) groups is 1. The lowest BCUT2D eigenvalue weighted by Crippen LogP contribution is -2.45. The van der Waals surface area contributed by atoms with E-state index in [1.807, 2.05) is 13.8 Å².